The van der Waals surface area contributed by atoms with E-state index >= 15 is 0 Å². The molecule has 0 bridgehead atoms. The lowest BCUT2D eigenvalue weighted by Gasteiger charge is -2.38. The molecule has 0 aromatic carbocycles. The van der Waals surface area contributed by atoms with Crippen molar-refractivity contribution in [1.82, 2.24) is 0 Å². The largest absolute Gasteiger partial charge is 0.413 e. The number of rotatable bonds is 5. The van der Waals surface area contributed by atoms with Crippen LogP contribution in [0, 0.1) is 0 Å². The van der Waals surface area contributed by atoms with E-state index in [1.807, 2.05) is 6.08 Å². The monoisotopic (exact) mass is 326 g/mol. The molecule has 1 atom stereocenters. The molecule has 84 valence electrons. The van der Waals surface area contributed by atoms with Crippen LogP contribution in [0.3, 0.4) is 0 Å². The maximum absolute atomic E-state index is 6.25. The average molecular weight is 326 g/mol. The molecular weight excluding hydrogens is 303 g/mol. The van der Waals surface area contributed by atoms with Gasteiger partial charge in [0.05, 0.1) is 6.10 Å². The molecule has 0 saturated carbocycles. The third kappa shape index (κ3) is 4.44. The van der Waals surface area contributed by atoms with Gasteiger partial charge in [0.25, 0.3) is 0 Å². The first-order valence-electron chi connectivity index (χ1n) is 5.09. The van der Waals surface area contributed by atoms with E-state index in [0.717, 1.165) is 10.8 Å². The summed E-state index contributed by atoms with van der Waals surface area (Å²) in [5, 5.41) is 0.304. The summed E-state index contributed by atoms with van der Waals surface area (Å²) in [5.41, 5.74) is 0. The Bertz CT molecular complexity index is 184. The maximum Gasteiger partial charge on any atom is 0.192 e. The van der Waals surface area contributed by atoms with Gasteiger partial charge in [0.1, 0.15) is 0 Å². The molecular formula is C11H23IOSi. The van der Waals surface area contributed by atoms with Crippen molar-refractivity contribution in [1.29, 1.82) is 0 Å². The topological polar surface area (TPSA) is 9.23 Å². The highest BCUT2D eigenvalue weighted by molar-refractivity contribution is 14.1. The van der Waals surface area contributed by atoms with Crippen molar-refractivity contribution in [2.24, 2.45) is 0 Å². The Morgan fingerprint density at radius 3 is 2.21 bits per heavy atom. The second kappa shape index (κ2) is 5.65. The van der Waals surface area contributed by atoms with Gasteiger partial charge >= 0.3 is 0 Å². The Labute approximate surface area is 104 Å². The Kier molecular flexibility index (Phi) is 5.92. The van der Waals surface area contributed by atoms with Crippen LogP contribution in [0.5, 0.6) is 0 Å². The van der Waals surface area contributed by atoms with Gasteiger partial charge in [0.2, 0.25) is 0 Å². The fourth-order valence-electron chi connectivity index (χ4n) is 0.922. The van der Waals surface area contributed by atoms with Crippen LogP contribution >= 0.6 is 22.6 Å². The molecule has 1 nitrogen and oxygen atoms in total. The Hall–Kier alpha value is 0.647. The van der Waals surface area contributed by atoms with E-state index in [1.54, 1.807) is 0 Å². The lowest BCUT2D eigenvalue weighted by atomic mass is 10.2. The summed E-state index contributed by atoms with van der Waals surface area (Å²) in [6.07, 6.45) is 3.28. The van der Waals surface area contributed by atoms with E-state index in [9.17, 15) is 0 Å². The lowest BCUT2D eigenvalue weighted by molar-refractivity contribution is 0.209. The molecule has 0 aromatic rings. The summed E-state index contributed by atoms with van der Waals surface area (Å²) in [4.78, 5) is 0. The number of halogens is 1. The molecule has 0 N–H and O–H groups in total. The van der Waals surface area contributed by atoms with E-state index in [2.05, 4.69) is 63.0 Å². The zero-order chi connectivity index (χ0) is 11.4. The fourth-order valence-corrected chi connectivity index (χ4v) is 3.17. The van der Waals surface area contributed by atoms with Crippen LogP contribution in [-0.2, 0) is 4.43 Å². The summed E-state index contributed by atoms with van der Waals surface area (Å²) < 4.78 is 7.30. The second-order valence-electron chi connectivity index (χ2n) is 5.18. The van der Waals surface area contributed by atoms with Crippen molar-refractivity contribution >= 4 is 30.9 Å². The summed E-state index contributed by atoms with van der Waals surface area (Å²) in [5.74, 6) is 0. The van der Waals surface area contributed by atoms with Crippen LogP contribution in [-0.4, -0.2) is 18.8 Å². The fraction of sp³-hybridized carbons (Fsp3) is 0.818. The van der Waals surface area contributed by atoms with Crippen molar-refractivity contribution < 1.29 is 4.43 Å². The SMILES string of the molecule is C=CC[C@H](CI)O[Si](C)(C)C(C)(C)C. The third-order valence-corrected chi connectivity index (χ3v) is 8.39. The van der Waals surface area contributed by atoms with Crippen LogP contribution in [0.2, 0.25) is 18.1 Å². The van der Waals surface area contributed by atoms with Crippen LogP contribution in [0.15, 0.2) is 12.7 Å². The standard InChI is InChI=1S/C11H23IOSi/c1-7-8-10(9-12)13-14(5,6)11(2,3)4/h7,10H,1,8-9H2,2-6H3/t10-/m1/s1. The highest BCUT2D eigenvalue weighted by Crippen LogP contribution is 2.37. The van der Waals surface area contributed by atoms with E-state index in [4.69, 9.17) is 4.43 Å². The van der Waals surface area contributed by atoms with Gasteiger partial charge in [-0.15, -0.1) is 6.58 Å². The van der Waals surface area contributed by atoms with Gasteiger partial charge < -0.3 is 4.43 Å². The maximum atomic E-state index is 6.25. The van der Waals surface area contributed by atoms with Crippen LogP contribution in [0.4, 0.5) is 0 Å². The van der Waals surface area contributed by atoms with E-state index in [-0.39, 0.29) is 0 Å². The summed E-state index contributed by atoms with van der Waals surface area (Å²) >= 11 is 2.39. The molecule has 0 fully saturated rings. The normalized spacial score (nSPS) is 15.3. The summed E-state index contributed by atoms with van der Waals surface area (Å²) in [6, 6.07) is 0. The number of hydrogen-bond donors (Lipinski definition) is 0. The van der Waals surface area contributed by atoms with Crippen LogP contribution in [0.25, 0.3) is 0 Å². The first-order chi connectivity index (χ1) is 6.24. The zero-order valence-corrected chi connectivity index (χ0v) is 13.2. The van der Waals surface area contributed by atoms with Gasteiger partial charge in [-0.05, 0) is 24.6 Å². The summed E-state index contributed by atoms with van der Waals surface area (Å²) in [7, 11) is -1.58. The number of alkyl halides is 1. The molecule has 0 aliphatic rings. The second-order valence-corrected chi connectivity index (χ2v) is 10.8. The molecule has 3 heteroatoms. The van der Waals surface area contributed by atoms with Crippen LogP contribution in [0.1, 0.15) is 27.2 Å². The van der Waals surface area contributed by atoms with Crippen molar-refractivity contribution in [2.75, 3.05) is 4.43 Å². The first kappa shape index (κ1) is 14.6. The predicted octanol–water partition coefficient (Wildman–Crippen LogP) is 4.39. The molecule has 0 amide bonds. The van der Waals surface area contributed by atoms with Crippen molar-refractivity contribution in [3.63, 3.8) is 0 Å². The van der Waals surface area contributed by atoms with Gasteiger partial charge in [0, 0.05) is 4.43 Å². The highest BCUT2D eigenvalue weighted by atomic mass is 127. The summed E-state index contributed by atoms with van der Waals surface area (Å²) in [6.45, 7) is 15.2. The molecule has 0 rings (SSSR count). The predicted molar refractivity (Wildman–Crippen MR) is 75.8 cm³/mol. The molecule has 0 radical (unpaired) electrons. The van der Waals surface area contributed by atoms with Gasteiger partial charge in [-0.1, -0.05) is 49.4 Å². The van der Waals surface area contributed by atoms with Gasteiger partial charge in [0.15, 0.2) is 8.32 Å². The van der Waals surface area contributed by atoms with Gasteiger partial charge in [-0.2, -0.15) is 0 Å². The van der Waals surface area contributed by atoms with Crippen molar-refractivity contribution in [3.8, 4) is 0 Å². The van der Waals surface area contributed by atoms with Crippen molar-refractivity contribution in [3.05, 3.63) is 12.7 Å². The smallest absolute Gasteiger partial charge is 0.192 e. The minimum absolute atomic E-state index is 0.304. The van der Waals surface area contributed by atoms with E-state index < -0.39 is 8.32 Å². The molecule has 0 saturated heterocycles. The molecule has 0 aromatic heterocycles. The molecule has 0 heterocycles. The van der Waals surface area contributed by atoms with E-state index in [0.29, 0.717) is 11.1 Å². The van der Waals surface area contributed by atoms with Crippen molar-refractivity contribution in [2.45, 2.75) is 51.4 Å². The van der Waals surface area contributed by atoms with E-state index in [1.165, 1.54) is 0 Å². The molecule has 0 unspecified atom stereocenters. The Morgan fingerprint density at radius 2 is 1.93 bits per heavy atom. The molecule has 0 spiro atoms. The lowest BCUT2D eigenvalue weighted by Crippen LogP contribution is -2.44. The quantitative estimate of drug-likeness (QED) is 0.315. The highest BCUT2D eigenvalue weighted by Gasteiger charge is 2.38. The Balaban J connectivity index is 4.39. The minimum Gasteiger partial charge on any atom is -0.413 e. The average Bonchev–Trinajstić information content (AvgIpc) is 2.01. The molecule has 0 aliphatic carbocycles. The molecule has 14 heavy (non-hydrogen) atoms. The van der Waals surface area contributed by atoms with Crippen LogP contribution < -0.4 is 0 Å². The third-order valence-electron chi connectivity index (χ3n) is 2.87. The van der Waals surface area contributed by atoms with Gasteiger partial charge in [-0.3, -0.25) is 0 Å². The first-order valence-corrected chi connectivity index (χ1v) is 9.52. The molecule has 0 aliphatic heterocycles. The Morgan fingerprint density at radius 1 is 1.43 bits per heavy atom. The van der Waals surface area contributed by atoms with Gasteiger partial charge in [-0.25, -0.2) is 0 Å². The zero-order valence-electron chi connectivity index (χ0n) is 10.1. The minimum atomic E-state index is -1.58. The number of hydrogen-bond acceptors (Lipinski definition) is 1.